The van der Waals surface area contributed by atoms with E-state index in [0.29, 0.717) is 31.4 Å². The zero-order chi connectivity index (χ0) is 10.2. The highest BCUT2D eigenvalue weighted by Crippen LogP contribution is 2.07. The molecule has 0 amide bonds. The molecule has 3 N–H and O–H groups in total. The second-order valence-corrected chi connectivity index (χ2v) is 2.61. The summed E-state index contributed by atoms with van der Waals surface area (Å²) in [5, 5.41) is 8.42. The van der Waals surface area contributed by atoms with Crippen LogP contribution in [0.2, 0.25) is 0 Å². The summed E-state index contributed by atoms with van der Waals surface area (Å²) < 4.78 is 10.2. The van der Waals surface area contributed by atoms with Gasteiger partial charge in [-0.25, -0.2) is 4.98 Å². The van der Waals surface area contributed by atoms with Crippen molar-refractivity contribution in [1.29, 1.82) is 0 Å². The molecule has 0 bridgehead atoms. The lowest BCUT2D eigenvalue weighted by molar-refractivity contribution is 0.0695. The quantitative estimate of drug-likeness (QED) is 0.631. The molecule has 1 heterocycles. The van der Waals surface area contributed by atoms with Gasteiger partial charge in [-0.3, -0.25) is 0 Å². The fourth-order valence-electron chi connectivity index (χ4n) is 0.849. The minimum Gasteiger partial charge on any atom is -0.475 e. The van der Waals surface area contributed by atoms with Gasteiger partial charge in [0.05, 0.1) is 31.7 Å². The van der Waals surface area contributed by atoms with E-state index in [1.807, 2.05) is 0 Å². The number of hydrogen-bond donors (Lipinski definition) is 2. The van der Waals surface area contributed by atoms with Gasteiger partial charge in [-0.15, -0.1) is 0 Å². The van der Waals surface area contributed by atoms with Crippen molar-refractivity contribution < 1.29 is 14.6 Å². The van der Waals surface area contributed by atoms with Crippen molar-refractivity contribution in [2.75, 3.05) is 32.2 Å². The van der Waals surface area contributed by atoms with Crippen molar-refractivity contribution in [1.82, 2.24) is 4.98 Å². The molecule has 0 saturated heterocycles. The first kappa shape index (κ1) is 10.7. The molecular weight excluding hydrogens is 184 g/mol. The van der Waals surface area contributed by atoms with Crippen LogP contribution in [-0.2, 0) is 4.74 Å². The summed E-state index contributed by atoms with van der Waals surface area (Å²) in [6.45, 7) is 1.21. The molecule has 0 fully saturated rings. The van der Waals surface area contributed by atoms with Crippen molar-refractivity contribution >= 4 is 5.69 Å². The van der Waals surface area contributed by atoms with Crippen LogP contribution in [0.25, 0.3) is 0 Å². The van der Waals surface area contributed by atoms with Crippen LogP contribution in [0.5, 0.6) is 5.88 Å². The predicted octanol–water partition coefficient (Wildman–Crippen LogP) is 0.0515. The number of rotatable bonds is 6. The summed E-state index contributed by atoms with van der Waals surface area (Å²) in [6.07, 6.45) is 1.53. The highest BCUT2D eigenvalue weighted by Gasteiger charge is 1.94. The molecule has 0 aliphatic rings. The van der Waals surface area contributed by atoms with Crippen LogP contribution in [0.3, 0.4) is 0 Å². The number of nitrogens with two attached hydrogens (primary N) is 1. The Morgan fingerprint density at radius 1 is 1.29 bits per heavy atom. The molecule has 5 heteroatoms. The van der Waals surface area contributed by atoms with Crippen LogP contribution < -0.4 is 10.5 Å². The molecule has 1 aromatic heterocycles. The number of aliphatic hydroxyl groups is 1. The molecule has 14 heavy (non-hydrogen) atoms. The lowest BCUT2D eigenvalue weighted by atomic mass is 10.4. The maximum absolute atomic E-state index is 8.42. The monoisotopic (exact) mass is 198 g/mol. The Morgan fingerprint density at radius 2 is 2.14 bits per heavy atom. The number of pyridine rings is 1. The van der Waals surface area contributed by atoms with Gasteiger partial charge in [0.25, 0.3) is 0 Å². The Bertz CT molecular complexity index is 251. The number of ether oxygens (including phenoxy) is 2. The Labute approximate surface area is 82.5 Å². The van der Waals surface area contributed by atoms with Gasteiger partial charge in [0.1, 0.15) is 6.61 Å². The van der Waals surface area contributed by atoms with Crippen LogP contribution in [0, 0.1) is 0 Å². The highest BCUT2D eigenvalue weighted by atomic mass is 16.5. The largest absolute Gasteiger partial charge is 0.475 e. The average molecular weight is 198 g/mol. The van der Waals surface area contributed by atoms with Gasteiger partial charge in [-0.05, 0) is 6.07 Å². The Kier molecular flexibility index (Phi) is 4.74. The molecule has 0 unspecified atom stereocenters. The maximum Gasteiger partial charge on any atom is 0.213 e. The standard InChI is InChI=1S/C9H14N2O3/c10-8-1-2-9(11-7-8)14-6-5-13-4-3-12/h1-2,7,12H,3-6,10H2. The Morgan fingerprint density at radius 3 is 2.79 bits per heavy atom. The van der Waals surface area contributed by atoms with Crippen molar-refractivity contribution in [2.45, 2.75) is 0 Å². The molecule has 0 saturated carbocycles. The fourth-order valence-corrected chi connectivity index (χ4v) is 0.849. The highest BCUT2D eigenvalue weighted by molar-refractivity contribution is 5.35. The van der Waals surface area contributed by atoms with E-state index in [1.54, 1.807) is 12.1 Å². The minimum atomic E-state index is 0.0279. The summed E-state index contributed by atoms with van der Waals surface area (Å²) in [7, 11) is 0. The van der Waals surface area contributed by atoms with Crippen LogP contribution >= 0.6 is 0 Å². The number of aliphatic hydroxyl groups excluding tert-OH is 1. The van der Waals surface area contributed by atoms with Crippen molar-refractivity contribution in [2.24, 2.45) is 0 Å². The molecule has 0 atom stereocenters. The van der Waals surface area contributed by atoms with E-state index >= 15 is 0 Å². The van der Waals surface area contributed by atoms with E-state index < -0.39 is 0 Å². The number of nitrogens with zero attached hydrogens (tertiary/aromatic N) is 1. The van der Waals surface area contributed by atoms with E-state index in [9.17, 15) is 0 Å². The molecule has 0 spiro atoms. The van der Waals surface area contributed by atoms with E-state index in [-0.39, 0.29) is 6.61 Å². The summed E-state index contributed by atoms with van der Waals surface area (Å²) in [4.78, 5) is 3.94. The fraction of sp³-hybridized carbons (Fsp3) is 0.444. The average Bonchev–Trinajstić information content (AvgIpc) is 2.21. The number of hydrogen-bond acceptors (Lipinski definition) is 5. The van der Waals surface area contributed by atoms with E-state index in [1.165, 1.54) is 6.20 Å². The normalized spacial score (nSPS) is 10.1. The van der Waals surface area contributed by atoms with Gasteiger partial charge >= 0.3 is 0 Å². The van der Waals surface area contributed by atoms with Gasteiger partial charge in [0.15, 0.2) is 0 Å². The maximum atomic E-state index is 8.42. The number of aromatic nitrogens is 1. The summed E-state index contributed by atoms with van der Waals surface area (Å²) >= 11 is 0. The third-order valence-electron chi connectivity index (χ3n) is 1.47. The van der Waals surface area contributed by atoms with Crippen molar-refractivity contribution in [3.05, 3.63) is 18.3 Å². The van der Waals surface area contributed by atoms with E-state index in [0.717, 1.165) is 0 Å². The van der Waals surface area contributed by atoms with E-state index in [2.05, 4.69) is 4.98 Å². The number of anilines is 1. The third-order valence-corrected chi connectivity index (χ3v) is 1.47. The second-order valence-electron chi connectivity index (χ2n) is 2.61. The molecule has 5 nitrogen and oxygen atoms in total. The summed E-state index contributed by atoms with van der Waals surface area (Å²) in [5.74, 6) is 0.520. The Hall–Kier alpha value is -1.33. The van der Waals surface area contributed by atoms with Gasteiger partial charge in [0, 0.05) is 6.07 Å². The predicted molar refractivity (Wildman–Crippen MR) is 52.0 cm³/mol. The van der Waals surface area contributed by atoms with E-state index in [4.69, 9.17) is 20.3 Å². The van der Waals surface area contributed by atoms with Crippen molar-refractivity contribution in [3.8, 4) is 5.88 Å². The van der Waals surface area contributed by atoms with Gasteiger partial charge in [-0.2, -0.15) is 0 Å². The second kappa shape index (κ2) is 6.17. The molecule has 0 aliphatic heterocycles. The summed E-state index contributed by atoms with van der Waals surface area (Å²) in [5.41, 5.74) is 6.06. The minimum absolute atomic E-state index is 0.0279. The SMILES string of the molecule is Nc1ccc(OCCOCCO)nc1. The summed E-state index contributed by atoms with van der Waals surface area (Å²) in [6, 6.07) is 3.41. The third kappa shape index (κ3) is 4.06. The van der Waals surface area contributed by atoms with Crippen LogP contribution in [0.1, 0.15) is 0 Å². The smallest absolute Gasteiger partial charge is 0.213 e. The zero-order valence-electron chi connectivity index (χ0n) is 7.85. The van der Waals surface area contributed by atoms with Crippen LogP contribution in [0.4, 0.5) is 5.69 Å². The van der Waals surface area contributed by atoms with Gasteiger partial charge < -0.3 is 20.3 Å². The van der Waals surface area contributed by atoms with Gasteiger partial charge in [0.2, 0.25) is 5.88 Å². The first-order valence-electron chi connectivity index (χ1n) is 4.36. The molecule has 0 aliphatic carbocycles. The Balaban J connectivity index is 2.15. The number of nitrogen functional groups attached to an aromatic ring is 1. The zero-order valence-corrected chi connectivity index (χ0v) is 7.85. The molecule has 0 aromatic carbocycles. The van der Waals surface area contributed by atoms with Gasteiger partial charge in [-0.1, -0.05) is 0 Å². The first-order chi connectivity index (χ1) is 6.83. The first-order valence-corrected chi connectivity index (χ1v) is 4.36. The lowest BCUT2D eigenvalue weighted by Crippen LogP contribution is -2.09. The lowest BCUT2D eigenvalue weighted by Gasteiger charge is -2.05. The van der Waals surface area contributed by atoms with Crippen molar-refractivity contribution in [3.63, 3.8) is 0 Å². The van der Waals surface area contributed by atoms with Crippen LogP contribution in [0.15, 0.2) is 18.3 Å². The topological polar surface area (TPSA) is 77.6 Å². The molecule has 1 aromatic rings. The molecule has 0 radical (unpaired) electrons. The molecule has 78 valence electrons. The van der Waals surface area contributed by atoms with Crippen LogP contribution in [-0.4, -0.2) is 36.5 Å². The molecular formula is C9H14N2O3. The molecule has 1 rings (SSSR count).